The quantitative estimate of drug-likeness (QED) is 0.750. The van der Waals surface area contributed by atoms with Crippen molar-refractivity contribution in [3.8, 4) is 11.4 Å². The zero-order chi connectivity index (χ0) is 18.5. The SMILES string of the molecule is Fc1cncc(-c2nccc(NCc3ccc(N4CCOCC4)cc3)n2)c1. The monoisotopic (exact) mass is 365 g/mol. The predicted molar refractivity (Wildman–Crippen MR) is 102 cm³/mol. The van der Waals surface area contributed by atoms with Crippen LogP contribution in [0.5, 0.6) is 0 Å². The zero-order valence-electron chi connectivity index (χ0n) is 14.8. The summed E-state index contributed by atoms with van der Waals surface area (Å²) in [5, 5.41) is 3.29. The number of aromatic nitrogens is 3. The maximum atomic E-state index is 13.3. The summed E-state index contributed by atoms with van der Waals surface area (Å²) in [6.45, 7) is 4.05. The number of hydrogen-bond donors (Lipinski definition) is 1. The molecule has 0 aliphatic carbocycles. The minimum atomic E-state index is -0.408. The molecule has 0 unspecified atom stereocenters. The van der Waals surface area contributed by atoms with E-state index in [1.165, 1.54) is 11.8 Å². The van der Waals surface area contributed by atoms with Gasteiger partial charge in [-0.1, -0.05) is 12.1 Å². The van der Waals surface area contributed by atoms with Crippen molar-refractivity contribution in [1.82, 2.24) is 15.0 Å². The van der Waals surface area contributed by atoms with Crippen LogP contribution < -0.4 is 10.2 Å². The Bertz CT molecular complexity index is 897. The Balaban J connectivity index is 1.40. The van der Waals surface area contributed by atoms with Crippen molar-refractivity contribution >= 4 is 11.5 Å². The molecular weight excluding hydrogens is 345 g/mol. The molecule has 3 heterocycles. The molecule has 1 aromatic carbocycles. The predicted octanol–water partition coefficient (Wildman–Crippen LogP) is 3.13. The number of ether oxygens (including phenoxy) is 1. The fraction of sp³-hybridized carbons (Fsp3) is 0.250. The van der Waals surface area contributed by atoms with Crippen LogP contribution in [0.1, 0.15) is 5.56 Å². The van der Waals surface area contributed by atoms with Crippen LogP contribution in [0, 0.1) is 5.82 Å². The molecule has 0 radical (unpaired) electrons. The van der Waals surface area contributed by atoms with Crippen LogP contribution in [0.4, 0.5) is 15.9 Å². The van der Waals surface area contributed by atoms with E-state index in [9.17, 15) is 4.39 Å². The number of benzene rings is 1. The largest absolute Gasteiger partial charge is 0.378 e. The normalized spacial score (nSPS) is 14.2. The van der Waals surface area contributed by atoms with Gasteiger partial charge in [0.25, 0.3) is 0 Å². The Labute approximate surface area is 157 Å². The minimum absolute atomic E-state index is 0.408. The Morgan fingerprint density at radius 1 is 1.07 bits per heavy atom. The lowest BCUT2D eigenvalue weighted by Gasteiger charge is -2.28. The van der Waals surface area contributed by atoms with Crippen molar-refractivity contribution in [1.29, 1.82) is 0 Å². The molecule has 1 N–H and O–H groups in total. The molecule has 2 aromatic heterocycles. The number of pyridine rings is 1. The lowest BCUT2D eigenvalue weighted by atomic mass is 10.2. The van der Waals surface area contributed by atoms with E-state index in [4.69, 9.17) is 4.74 Å². The van der Waals surface area contributed by atoms with E-state index in [0.29, 0.717) is 23.8 Å². The molecule has 1 aliphatic heterocycles. The molecule has 1 aliphatic rings. The van der Waals surface area contributed by atoms with Gasteiger partial charge in [0.15, 0.2) is 5.82 Å². The molecule has 0 bridgehead atoms. The average Bonchev–Trinajstić information content (AvgIpc) is 2.73. The van der Waals surface area contributed by atoms with Crippen LogP contribution in [-0.2, 0) is 11.3 Å². The minimum Gasteiger partial charge on any atom is -0.378 e. The van der Waals surface area contributed by atoms with Gasteiger partial charge in [0.2, 0.25) is 0 Å². The smallest absolute Gasteiger partial charge is 0.163 e. The van der Waals surface area contributed by atoms with Crippen molar-refractivity contribution in [2.45, 2.75) is 6.54 Å². The number of morpholine rings is 1. The highest BCUT2D eigenvalue weighted by Crippen LogP contribution is 2.19. The highest BCUT2D eigenvalue weighted by atomic mass is 19.1. The van der Waals surface area contributed by atoms with Gasteiger partial charge in [0.1, 0.15) is 11.6 Å². The van der Waals surface area contributed by atoms with Gasteiger partial charge in [-0.3, -0.25) is 4.98 Å². The highest BCUT2D eigenvalue weighted by Gasteiger charge is 2.10. The molecule has 138 valence electrons. The van der Waals surface area contributed by atoms with Crippen LogP contribution in [0.3, 0.4) is 0 Å². The van der Waals surface area contributed by atoms with Gasteiger partial charge in [-0.05, 0) is 29.8 Å². The summed E-state index contributed by atoms with van der Waals surface area (Å²) < 4.78 is 18.7. The van der Waals surface area contributed by atoms with Crippen LogP contribution >= 0.6 is 0 Å². The van der Waals surface area contributed by atoms with Gasteiger partial charge >= 0.3 is 0 Å². The van der Waals surface area contributed by atoms with Crippen molar-refractivity contribution < 1.29 is 9.13 Å². The summed E-state index contributed by atoms with van der Waals surface area (Å²) in [7, 11) is 0. The Hall–Kier alpha value is -3.06. The van der Waals surface area contributed by atoms with Crippen molar-refractivity contribution in [2.75, 3.05) is 36.5 Å². The number of nitrogens with zero attached hydrogens (tertiary/aromatic N) is 4. The fourth-order valence-electron chi connectivity index (χ4n) is 2.97. The van der Waals surface area contributed by atoms with E-state index in [1.807, 2.05) is 0 Å². The maximum Gasteiger partial charge on any atom is 0.163 e. The maximum absolute atomic E-state index is 13.3. The third-order valence-corrected chi connectivity index (χ3v) is 4.40. The molecule has 1 saturated heterocycles. The molecular formula is C20H20FN5O. The molecule has 3 aromatic rings. The second-order valence-corrected chi connectivity index (χ2v) is 6.28. The first kappa shape index (κ1) is 17.4. The summed E-state index contributed by atoms with van der Waals surface area (Å²) in [6, 6.07) is 11.6. The van der Waals surface area contributed by atoms with Crippen LogP contribution in [-0.4, -0.2) is 41.3 Å². The Kier molecular flexibility index (Phi) is 5.20. The molecule has 0 saturated carbocycles. The highest BCUT2D eigenvalue weighted by molar-refractivity contribution is 5.55. The molecule has 1 fully saturated rings. The first-order chi connectivity index (χ1) is 13.3. The number of hydrogen-bond acceptors (Lipinski definition) is 6. The number of nitrogens with one attached hydrogen (secondary N) is 1. The molecule has 0 spiro atoms. The van der Waals surface area contributed by atoms with Crippen molar-refractivity contribution in [3.63, 3.8) is 0 Å². The second kappa shape index (κ2) is 8.09. The standard InChI is InChI=1S/C20H20FN5O/c21-17-11-16(13-22-14-17)20-23-6-5-19(25-20)24-12-15-1-3-18(4-2-15)26-7-9-27-10-8-26/h1-6,11,13-14H,7-10,12H2,(H,23,24,25). The number of anilines is 2. The lowest BCUT2D eigenvalue weighted by molar-refractivity contribution is 0.122. The van der Waals surface area contributed by atoms with Gasteiger partial charge in [-0.15, -0.1) is 0 Å². The molecule has 0 amide bonds. The lowest BCUT2D eigenvalue weighted by Crippen LogP contribution is -2.36. The van der Waals surface area contributed by atoms with Crippen LogP contribution in [0.25, 0.3) is 11.4 Å². The first-order valence-corrected chi connectivity index (χ1v) is 8.87. The average molecular weight is 365 g/mol. The third kappa shape index (κ3) is 4.38. The molecule has 4 rings (SSSR count). The van der Waals surface area contributed by atoms with Crippen LogP contribution in [0.15, 0.2) is 55.0 Å². The van der Waals surface area contributed by atoms with E-state index < -0.39 is 5.82 Å². The van der Waals surface area contributed by atoms with Crippen molar-refractivity contribution in [3.05, 3.63) is 66.4 Å². The van der Waals surface area contributed by atoms with E-state index in [-0.39, 0.29) is 0 Å². The van der Waals surface area contributed by atoms with Gasteiger partial charge < -0.3 is 15.0 Å². The summed E-state index contributed by atoms with van der Waals surface area (Å²) in [6.07, 6.45) is 4.36. The fourth-order valence-corrected chi connectivity index (χ4v) is 2.97. The van der Waals surface area contributed by atoms with Gasteiger partial charge in [0, 0.05) is 43.3 Å². The second-order valence-electron chi connectivity index (χ2n) is 6.28. The summed E-state index contributed by atoms with van der Waals surface area (Å²) in [4.78, 5) is 14.8. The number of halogens is 1. The first-order valence-electron chi connectivity index (χ1n) is 8.87. The topological polar surface area (TPSA) is 63.2 Å². The summed E-state index contributed by atoms with van der Waals surface area (Å²) in [5.41, 5.74) is 2.91. The van der Waals surface area contributed by atoms with Gasteiger partial charge in [-0.2, -0.15) is 0 Å². The van der Waals surface area contributed by atoms with Crippen molar-refractivity contribution in [2.24, 2.45) is 0 Å². The van der Waals surface area contributed by atoms with E-state index in [2.05, 4.69) is 49.4 Å². The van der Waals surface area contributed by atoms with E-state index in [1.54, 1.807) is 18.5 Å². The van der Waals surface area contributed by atoms with Gasteiger partial charge in [-0.25, -0.2) is 14.4 Å². The van der Waals surface area contributed by atoms with Crippen LogP contribution in [0.2, 0.25) is 0 Å². The number of rotatable bonds is 5. The molecule has 27 heavy (non-hydrogen) atoms. The van der Waals surface area contributed by atoms with E-state index in [0.717, 1.165) is 38.1 Å². The third-order valence-electron chi connectivity index (χ3n) is 4.40. The molecule has 7 heteroatoms. The van der Waals surface area contributed by atoms with Gasteiger partial charge in [0.05, 0.1) is 19.4 Å². The molecule has 0 atom stereocenters. The summed E-state index contributed by atoms with van der Waals surface area (Å²) >= 11 is 0. The van der Waals surface area contributed by atoms with E-state index >= 15 is 0 Å². The Morgan fingerprint density at radius 3 is 2.67 bits per heavy atom. The molecule has 6 nitrogen and oxygen atoms in total. The zero-order valence-corrected chi connectivity index (χ0v) is 14.8. The summed E-state index contributed by atoms with van der Waals surface area (Å²) in [5.74, 6) is 0.714. The Morgan fingerprint density at radius 2 is 1.89 bits per heavy atom.